The van der Waals surface area contributed by atoms with Gasteiger partial charge in [-0.25, -0.2) is 9.37 Å². The first-order chi connectivity index (χ1) is 11.7. The minimum Gasteiger partial charge on any atom is -0.497 e. The molecule has 120 valence electrons. The summed E-state index contributed by atoms with van der Waals surface area (Å²) in [6.07, 6.45) is 1.51. The van der Waals surface area contributed by atoms with Crippen LogP contribution in [0.25, 0.3) is 21.9 Å². The molecule has 0 fully saturated rings. The third kappa shape index (κ3) is 2.32. The minimum absolute atomic E-state index is 0.167. The van der Waals surface area contributed by atoms with Gasteiger partial charge in [0.2, 0.25) is 0 Å². The number of aromatic nitrogens is 3. The van der Waals surface area contributed by atoms with Crippen molar-refractivity contribution in [2.45, 2.75) is 6.54 Å². The summed E-state index contributed by atoms with van der Waals surface area (Å²) in [6.45, 7) is 0.334. The van der Waals surface area contributed by atoms with Crippen LogP contribution in [0.15, 0.2) is 53.6 Å². The van der Waals surface area contributed by atoms with Gasteiger partial charge in [0, 0.05) is 10.9 Å². The van der Waals surface area contributed by atoms with E-state index in [2.05, 4.69) is 9.97 Å². The SMILES string of the molecule is COc1ccc2[nH]c3c(=O)n(Cc4ccc(F)cc4)cnc3c2c1. The van der Waals surface area contributed by atoms with E-state index >= 15 is 0 Å². The van der Waals surface area contributed by atoms with Gasteiger partial charge in [-0.3, -0.25) is 9.36 Å². The number of hydrogen-bond donors (Lipinski definition) is 1. The number of nitrogens with one attached hydrogen (secondary N) is 1. The van der Waals surface area contributed by atoms with Crippen molar-refractivity contribution in [3.8, 4) is 5.75 Å². The second-order valence-corrected chi connectivity index (χ2v) is 5.56. The van der Waals surface area contributed by atoms with Crippen LogP contribution in [0.2, 0.25) is 0 Å². The van der Waals surface area contributed by atoms with E-state index in [1.165, 1.54) is 23.0 Å². The summed E-state index contributed by atoms with van der Waals surface area (Å²) < 4.78 is 19.7. The van der Waals surface area contributed by atoms with Crippen LogP contribution < -0.4 is 10.3 Å². The molecule has 0 spiro atoms. The van der Waals surface area contributed by atoms with Gasteiger partial charge in [0.15, 0.2) is 0 Å². The first kappa shape index (κ1) is 14.4. The molecule has 0 amide bonds. The summed E-state index contributed by atoms with van der Waals surface area (Å²) in [5.74, 6) is 0.407. The Morgan fingerprint density at radius 3 is 2.75 bits per heavy atom. The average molecular weight is 323 g/mol. The normalized spacial score (nSPS) is 11.2. The molecular weight excluding hydrogens is 309 g/mol. The number of hydrogen-bond acceptors (Lipinski definition) is 3. The molecule has 2 heterocycles. The third-order valence-corrected chi connectivity index (χ3v) is 4.05. The molecular formula is C18H14FN3O2. The lowest BCUT2D eigenvalue weighted by Gasteiger charge is -2.05. The fourth-order valence-corrected chi connectivity index (χ4v) is 2.80. The fraction of sp³-hybridized carbons (Fsp3) is 0.111. The Hall–Kier alpha value is -3.15. The van der Waals surface area contributed by atoms with Crippen LogP contribution in [-0.2, 0) is 6.54 Å². The van der Waals surface area contributed by atoms with E-state index in [9.17, 15) is 9.18 Å². The summed E-state index contributed by atoms with van der Waals surface area (Å²) in [7, 11) is 1.60. The van der Waals surface area contributed by atoms with E-state index in [1.54, 1.807) is 19.2 Å². The molecule has 5 nitrogen and oxygen atoms in total. The number of nitrogens with zero attached hydrogens (tertiary/aromatic N) is 2. The molecule has 4 rings (SSSR count). The first-order valence-electron chi connectivity index (χ1n) is 7.45. The molecule has 0 bridgehead atoms. The van der Waals surface area contributed by atoms with E-state index in [-0.39, 0.29) is 11.4 Å². The molecule has 0 aliphatic heterocycles. The fourth-order valence-electron chi connectivity index (χ4n) is 2.80. The van der Waals surface area contributed by atoms with Gasteiger partial charge >= 0.3 is 0 Å². The number of methoxy groups -OCH3 is 1. The topological polar surface area (TPSA) is 59.9 Å². The number of halogens is 1. The van der Waals surface area contributed by atoms with E-state index in [4.69, 9.17) is 4.74 Å². The summed E-state index contributed by atoms with van der Waals surface area (Å²) in [5.41, 5.74) is 2.55. The molecule has 0 saturated heterocycles. The largest absolute Gasteiger partial charge is 0.497 e. The molecule has 0 saturated carbocycles. The second-order valence-electron chi connectivity index (χ2n) is 5.56. The molecule has 0 unspecified atom stereocenters. The van der Waals surface area contributed by atoms with E-state index < -0.39 is 0 Å². The number of fused-ring (bicyclic) bond motifs is 3. The Kier molecular flexibility index (Phi) is 3.30. The second kappa shape index (κ2) is 5.49. The standard InChI is InChI=1S/C18H14FN3O2/c1-24-13-6-7-15-14(8-13)16-17(21-15)18(23)22(10-20-16)9-11-2-4-12(19)5-3-11/h2-8,10,21H,9H2,1H3. The highest BCUT2D eigenvalue weighted by Crippen LogP contribution is 2.25. The van der Waals surface area contributed by atoms with Crippen LogP contribution in [0.5, 0.6) is 5.75 Å². The highest BCUT2D eigenvalue weighted by Gasteiger charge is 2.12. The zero-order valence-electron chi connectivity index (χ0n) is 12.9. The summed E-state index contributed by atoms with van der Waals surface area (Å²) in [6, 6.07) is 11.6. The molecule has 0 atom stereocenters. The van der Waals surface area contributed by atoms with Gasteiger partial charge in [-0.05, 0) is 35.9 Å². The highest BCUT2D eigenvalue weighted by molar-refractivity contribution is 6.04. The maximum atomic E-state index is 13.0. The van der Waals surface area contributed by atoms with Crippen molar-refractivity contribution in [1.29, 1.82) is 0 Å². The number of ether oxygens (including phenoxy) is 1. The highest BCUT2D eigenvalue weighted by atomic mass is 19.1. The van der Waals surface area contributed by atoms with Crippen molar-refractivity contribution in [1.82, 2.24) is 14.5 Å². The Balaban J connectivity index is 1.84. The minimum atomic E-state index is -0.302. The summed E-state index contributed by atoms with van der Waals surface area (Å²) in [5, 5.41) is 0.843. The Morgan fingerprint density at radius 1 is 1.21 bits per heavy atom. The lowest BCUT2D eigenvalue weighted by atomic mass is 10.2. The molecule has 4 aromatic rings. The van der Waals surface area contributed by atoms with Crippen LogP contribution in [0, 0.1) is 5.82 Å². The molecule has 0 aliphatic rings. The predicted octanol–water partition coefficient (Wildman–Crippen LogP) is 3.07. The van der Waals surface area contributed by atoms with Crippen LogP contribution in [0.4, 0.5) is 4.39 Å². The van der Waals surface area contributed by atoms with Gasteiger partial charge in [-0.2, -0.15) is 0 Å². The van der Waals surface area contributed by atoms with E-state index in [0.717, 1.165) is 16.5 Å². The Bertz CT molecular complexity index is 1100. The molecule has 24 heavy (non-hydrogen) atoms. The van der Waals surface area contributed by atoms with Gasteiger partial charge in [-0.15, -0.1) is 0 Å². The zero-order chi connectivity index (χ0) is 16.7. The smallest absolute Gasteiger partial charge is 0.277 e. The number of aromatic amines is 1. The predicted molar refractivity (Wildman–Crippen MR) is 89.9 cm³/mol. The monoisotopic (exact) mass is 323 g/mol. The lowest BCUT2D eigenvalue weighted by Crippen LogP contribution is -2.21. The molecule has 2 aromatic carbocycles. The molecule has 2 aromatic heterocycles. The zero-order valence-corrected chi connectivity index (χ0v) is 12.9. The first-order valence-corrected chi connectivity index (χ1v) is 7.45. The maximum Gasteiger partial charge on any atom is 0.277 e. The molecule has 1 N–H and O–H groups in total. The van der Waals surface area contributed by atoms with Crippen LogP contribution >= 0.6 is 0 Å². The van der Waals surface area contributed by atoms with E-state index in [1.807, 2.05) is 18.2 Å². The van der Waals surface area contributed by atoms with Gasteiger partial charge in [0.25, 0.3) is 5.56 Å². The van der Waals surface area contributed by atoms with Crippen LogP contribution in [0.3, 0.4) is 0 Å². The molecule has 0 radical (unpaired) electrons. The van der Waals surface area contributed by atoms with Crippen molar-refractivity contribution in [3.63, 3.8) is 0 Å². The van der Waals surface area contributed by atoms with Gasteiger partial charge < -0.3 is 9.72 Å². The number of benzene rings is 2. The summed E-state index contributed by atoms with van der Waals surface area (Å²) in [4.78, 5) is 20.3. The van der Waals surface area contributed by atoms with E-state index in [0.29, 0.717) is 23.3 Å². The van der Waals surface area contributed by atoms with Gasteiger partial charge in [0.1, 0.15) is 22.6 Å². The Labute approximate surface area is 136 Å². The molecule has 0 aliphatic carbocycles. The van der Waals surface area contributed by atoms with Crippen molar-refractivity contribution < 1.29 is 9.13 Å². The third-order valence-electron chi connectivity index (χ3n) is 4.05. The van der Waals surface area contributed by atoms with Crippen molar-refractivity contribution in [2.75, 3.05) is 7.11 Å². The maximum absolute atomic E-state index is 13.0. The van der Waals surface area contributed by atoms with Gasteiger partial charge in [0.05, 0.1) is 20.0 Å². The van der Waals surface area contributed by atoms with Crippen LogP contribution in [0.1, 0.15) is 5.56 Å². The molecule has 6 heteroatoms. The summed E-state index contributed by atoms with van der Waals surface area (Å²) >= 11 is 0. The van der Waals surface area contributed by atoms with Crippen molar-refractivity contribution in [3.05, 3.63) is 70.5 Å². The van der Waals surface area contributed by atoms with Crippen LogP contribution in [-0.4, -0.2) is 21.6 Å². The van der Waals surface area contributed by atoms with Crippen molar-refractivity contribution in [2.24, 2.45) is 0 Å². The Morgan fingerprint density at radius 2 is 2.00 bits per heavy atom. The lowest BCUT2D eigenvalue weighted by molar-refractivity contribution is 0.415. The average Bonchev–Trinajstić information content (AvgIpc) is 2.98. The quantitative estimate of drug-likeness (QED) is 0.630. The number of rotatable bonds is 3. The van der Waals surface area contributed by atoms with Crippen molar-refractivity contribution >= 4 is 21.9 Å². The van der Waals surface area contributed by atoms with Gasteiger partial charge in [-0.1, -0.05) is 12.1 Å². The number of H-pyrrole nitrogens is 1.